The van der Waals surface area contributed by atoms with E-state index in [-0.39, 0.29) is 6.03 Å². The first kappa shape index (κ1) is 15.0. The Morgan fingerprint density at radius 2 is 1.95 bits per heavy atom. The van der Waals surface area contributed by atoms with Gasteiger partial charge in [-0.2, -0.15) is 0 Å². The third kappa shape index (κ3) is 3.78. The van der Waals surface area contributed by atoms with Crippen LogP contribution in [0.2, 0.25) is 0 Å². The van der Waals surface area contributed by atoms with Crippen molar-refractivity contribution in [1.29, 1.82) is 0 Å². The highest BCUT2D eigenvalue weighted by atomic mass is 16.2. The molecule has 0 aliphatic rings. The molecule has 110 valence electrons. The Hall–Kier alpha value is -2.43. The summed E-state index contributed by atoms with van der Waals surface area (Å²) in [4.78, 5) is 20.6. The van der Waals surface area contributed by atoms with E-state index in [9.17, 15) is 4.79 Å². The molecule has 2 N–H and O–H groups in total. The maximum absolute atomic E-state index is 12.0. The summed E-state index contributed by atoms with van der Waals surface area (Å²) < 4.78 is 0. The third-order valence-corrected chi connectivity index (χ3v) is 3.32. The third-order valence-electron chi connectivity index (χ3n) is 3.32. The lowest BCUT2D eigenvalue weighted by molar-refractivity contribution is 0.251. The summed E-state index contributed by atoms with van der Waals surface area (Å²) >= 11 is 0. The highest BCUT2D eigenvalue weighted by Gasteiger charge is 2.09. The van der Waals surface area contributed by atoms with Gasteiger partial charge in [0.25, 0.3) is 0 Å². The molecule has 2 aromatic heterocycles. The second kappa shape index (κ2) is 6.35. The van der Waals surface area contributed by atoms with Gasteiger partial charge in [-0.25, -0.2) is 4.79 Å². The van der Waals surface area contributed by atoms with Gasteiger partial charge in [0, 0.05) is 24.1 Å². The zero-order chi connectivity index (χ0) is 15.4. The van der Waals surface area contributed by atoms with Crippen LogP contribution in [0.5, 0.6) is 0 Å². The normalized spacial score (nSPS) is 10.3. The zero-order valence-corrected chi connectivity index (χ0v) is 12.8. The van der Waals surface area contributed by atoms with Crippen molar-refractivity contribution in [2.24, 2.45) is 0 Å². The van der Waals surface area contributed by atoms with E-state index in [1.807, 2.05) is 45.9 Å². The number of amides is 2. The van der Waals surface area contributed by atoms with E-state index in [1.54, 1.807) is 6.20 Å². The minimum atomic E-state index is -0.241. The number of urea groups is 1. The van der Waals surface area contributed by atoms with Crippen LogP contribution in [-0.2, 0) is 6.54 Å². The van der Waals surface area contributed by atoms with Crippen molar-refractivity contribution in [3.63, 3.8) is 0 Å². The lowest BCUT2D eigenvalue weighted by Crippen LogP contribution is -2.29. The van der Waals surface area contributed by atoms with Crippen molar-refractivity contribution in [2.75, 3.05) is 5.32 Å². The van der Waals surface area contributed by atoms with Crippen LogP contribution in [-0.4, -0.2) is 16.0 Å². The Morgan fingerprint density at radius 1 is 1.19 bits per heavy atom. The van der Waals surface area contributed by atoms with E-state index in [1.165, 1.54) is 0 Å². The fourth-order valence-electron chi connectivity index (χ4n) is 2.25. The number of pyridine rings is 2. The maximum Gasteiger partial charge on any atom is 0.319 e. The van der Waals surface area contributed by atoms with Crippen LogP contribution < -0.4 is 10.6 Å². The first-order valence-corrected chi connectivity index (χ1v) is 6.87. The highest BCUT2D eigenvalue weighted by molar-refractivity contribution is 5.90. The second-order valence-corrected chi connectivity index (χ2v) is 5.10. The number of anilines is 1. The standard InChI is InChI=1S/C16H20N4O/c1-10-8-11(2)19-13(4)15(10)20-16(21)18-9-14-6-5-7-17-12(14)3/h5-8H,9H2,1-4H3,(H2,18,20,21). The average Bonchev–Trinajstić information content (AvgIpc) is 2.42. The summed E-state index contributed by atoms with van der Waals surface area (Å²) in [6.45, 7) is 8.16. The van der Waals surface area contributed by atoms with Crippen molar-refractivity contribution >= 4 is 11.7 Å². The van der Waals surface area contributed by atoms with Crippen molar-refractivity contribution < 1.29 is 4.79 Å². The van der Waals surface area contributed by atoms with Crippen LogP contribution >= 0.6 is 0 Å². The molecule has 5 heteroatoms. The maximum atomic E-state index is 12.0. The van der Waals surface area contributed by atoms with Crippen LogP contribution in [0.3, 0.4) is 0 Å². The lowest BCUT2D eigenvalue weighted by atomic mass is 10.1. The molecular formula is C16H20N4O. The number of carbonyl (C=O) groups excluding carboxylic acids is 1. The molecule has 0 aliphatic carbocycles. The number of nitrogens with zero attached hydrogens (tertiary/aromatic N) is 2. The van der Waals surface area contributed by atoms with Crippen LogP contribution in [0.1, 0.15) is 28.2 Å². The van der Waals surface area contributed by atoms with Gasteiger partial charge < -0.3 is 10.6 Å². The molecule has 0 saturated heterocycles. The molecule has 0 fully saturated rings. The second-order valence-electron chi connectivity index (χ2n) is 5.10. The molecule has 0 aromatic carbocycles. The quantitative estimate of drug-likeness (QED) is 0.910. The Labute approximate surface area is 124 Å². The van der Waals surface area contributed by atoms with Gasteiger partial charge in [-0.15, -0.1) is 0 Å². The first-order valence-electron chi connectivity index (χ1n) is 6.87. The Kier molecular flexibility index (Phi) is 4.52. The van der Waals surface area contributed by atoms with Gasteiger partial charge in [0.15, 0.2) is 0 Å². The average molecular weight is 284 g/mol. The number of aromatic nitrogens is 2. The molecule has 0 spiro atoms. The van der Waals surface area contributed by atoms with Crippen LogP contribution in [0, 0.1) is 27.7 Å². The molecule has 21 heavy (non-hydrogen) atoms. The molecule has 2 aromatic rings. The first-order chi connectivity index (χ1) is 9.97. The number of rotatable bonds is 3. The van der Waals surface area contributed by atoms with Gasteiger partial charge in [-0.1, -0.05) is 6.07 Å². The largest absolute Gasteiger partial charge is 0.334 e. The molecule has 2 heterocycles. The van der Waals surface area contributed by atoms with Crippen LogP contribution in [0.4, 0.5) is 10.5 Å². The van der Waals surface area contributed by atoms with E-state index in [0.717, 1.165) is 33.9 Å². The SMILES string of the molecule is Cc1cc(C)c(NC(=O)NCc2cccnc2C)c(C)n1. The number of aryl methyl sites for hydroxylation is 4. The van der Waals surface area contributed by atoms with E-state index in [0.29, 0.717) is 6.54 Å². The smallest absolute Gasteiger partial charge is 0.319 e. The number of carbonyl (C=O) groups is 1. The highest BCUT2D eigenvalue weighted by Crippen LogP contribution is 2.18. The van der Waals surface area contributed by atoms with Crippen molar-refractivity contribution in [1.82, 2.24) is 15.3 Å². The Bertz CT molecular complexity index is 644. The van der Waals surface area contributed by atoms with E-state index in [4.69, 9.17) is 0 Å². The van der Waals surface area contributed by atoms with Crippen LogP contribution in [0.15, 0.2) is 24.4 Å². The zero-order valence-electron chi connectivity index (χ0n) is 12.8. The molecular weight excluding hydrogens is 264 g/mol. The van der Waals surface area contributed by atoms with Gasteiger partial charge in [0.2, 0.25) is 0 Å². The minimum Gasteiger partial charge on any atom is -0.334 e. The minimum absolute atomic E-state index is 0.241. The van der Waals surface area contributed by atoms with E-state index in [2.05, 4.69) is 20.6 Å². The molecule has 5 nitrogen and oxygen atoms in total. The van der Waals surface area contributed by atoms with Gasteiger partial charge in [0.05, 0.1) is 11.4 Å². The van der Waals surface area contributed by atoms with Crippen molar-refractivity contribution in [2.45, 2.75) is 34.2 Å². The Morgan fingerprint density at radius 3 is 2.62 bits per heavy atom. The summed E-state index contributed by atoms with van der Waals surface area (Å²) in [5, 5.41) is 5.70. The molecule has 0 saturated carbocycles. The van der Waals surface area contributed by atoms with Gasteiger partial charge in [0.1, 0.15) is 0 Å². The molecule has 0 bridgehead atoms. The van der Waals surface area contributed by atoms with Gasteiger partial charge >= 0.3 is 6.03 Å². The van der Waals surface area contributed by atoms with Crippen molar-refractivity contribution in [3.05, 3.63) is 52.6 Å². The van der Waals surface area contributed by atoms with Gasteiger partial charge in [-0.05, 0) is 51.0 Å². The van der Waals surface area contributed by atoms with Crippen LogP contribution in [0.25, 0.3) is 0 Å². The molecule has 2 amide bonds. The summed E-state index contributed by atoms with van der Waals surface area (Å²) in [5.41, 5.74) is 5.46. The predicted octanol–water partition coefficient (Wildman–Crippen LogP) is 3.03. The summed E-state index contributed by atoms with van der Waals surface area (Å²) in [5.74, 6) is 0. The molecule has 0 radical (unpaired) electrons. The monoisotopic (exact) mass is 284 g/mol. The molecule has 0 aliphatic heterocycles. The topological polar surface area (TPSA) is 66.9 Å². The fourth-order valence-corrected chi connectivity index (χ4v) is 2.25. The molecule has 2 rings (SSSR count). The van der Waals surface area contributed by atoms with E-state index < -0.39 is 0 Å². The summed E-state index contributed by atoms with van der Waals surface area (Å²) in [6, 6.07) is 5.52. The Balaban J connectivity index is 2.01. The number of hydrogen-bond donors (Lipinski definition) is 2. The summed E-state index contributed by atoms with van der Waals surface area (Å²) in [6.07, 6.45) is 1.74. The predicted molar refractivity (Wildman–Crippen MR) is 83.3 cm³/mol. The fraction of sp³-hybridized carbons (Fsp3) is 0.312. The summed E-state index contributed by atoms with van der Waals surface area (Å²) in [7, 11) is 0. The van der Waals surface area contributed by atoms with Crippen molar-refractivity contribution in [3.8, 4) is 0 Å². The number of hydrogen-bond acceptors (Lipinski definition) is 3. The van der Waals surface area contributed by atoms with E-state index >= 15 is 0 Å². The number of nitrogens with one attached hydrogen (secondary N) is 2. The molecule has 0 atom stereocenters. The lowest BCUT2D eigenvalue weighted by Gasteiger charge is -2.13. The molecule has 0 unspecified atom stereocenters. The van der Waals surface area contributed by atoms with Gasteiger partial charge in [-0.3, -0.25) is 9.97 Å².